The SMILES string of the molecule is CN(C)/C=C\c1cc(-c2ccc(C(C)(C)O)cn2)c(F)cc1C=O. The molecule has 0 aliphatic rings. The average Bonchev–Trinajstić information content (AvgIpc) is 2.52. The normalized spacial score (nSPS) is 11.8. The number of halogens is 1. The Kier molecular flexibility index (Phi) is 5.14. The molecule has 0 aliphatic carbocycles. The number of pyridine rings is 1. The van der Waals surface area contributed by atoms with E-state index in [2.05, 4.69) is 4.98 Å². The zero-order valence-corrected chi connectivity index (χ0v) is 14.2. The summed E-state index contributed by atoms with van der Waals surface area (Å²) in [5.41, 5.74) is 1.28. The van der Waals surface area contributed by atoms with Crippen LogP contribution < -0.4 is 0 Å². The summed E-state index contributed by atoms with van der Waals surface area (Å²) in [5.74, 6) is -0.511. The van der Waals surface area contributed by atoms with Crippen LogP contribution in [0.5, 0.6) is 0 Å². The van der Waals surface area contributed by atoms with E-state index in [1.807, 2.05) is 19.0 Å². The van der Waals surface area contributed by atoms with E-state index >= 15 is 0 Å². The molecule has 0 radical (unpaired) electrons. The van der Waals surface area contributed by atoms with E-state index in [4.69, 9.17) is 0 Å². The smallest absolute Gasteiger partial charge is 0.150 e. The van der Waals surface area contributed by atoms with Gasteiger partial charge in [-0.25, -0.2) is 4.39 Å². The molecule has 1 N–H and O–H groups in total. The van der Waals surface area contributed by atoms with E-state index < -0.39 is 11.4 Å². The van der Waals surface area contributed by atoms with Crippen molar-refractivity contribution < 1.29 is 14.3 Å². The molecule has 5 heteroatoms. The van der Waals surface area contributed by atoms with Gasteiger partial charge in [-0.15, -0.1) is 0 Å². The van der Waals surface area contributed by atoms with Crippen LogP contribution in [-0.4, -0.2) is 35.4 Å². The summed E-state index contributed by atoms with van der Waals surface area (Å²) in [4.78, 5) is 17.2. The third kappa shape index (κ3) is 4.06. The molecule has 0 bridgehead atoms. The van der Waals surface area contributed by atoms with E-state index in [1.54, 1.807) is 44.3 Å². The first-order valence-corrected chi connectivity index (χ1v) is 7.55. The number of carbonyl (C=O) groups excluding carboxylic acids is 1. The second kappa shape index (κ2) is 6.93. The van der Waals surface area contributed by atoms with Gasteiger partial charge in [-0.05, 0) is 49.9 Å². The Morgan fingerprint density at radius 2 is 1.92 bits per heavy atom. The van der Waals surface area contributed by atoms with E-state index in [0.717, 1.165) is 0 Å². The number of aromatic nitrogens is 1. The van der Waals surface area contributed by atoms with Gasteiger partial charge in [-0.3, -0.25) is 9.78 Å². The van der Waals surface area contributed by atoms with Crippen molar-refractivity contribution in [3.8, 4) is 11.3 Å². The molecule has 1 aromatic carbocycles. The van der Waals surface area contributed by atoms with E-state index in [1.165, 1.54) is 12.3 Å². The molecule has 0 fully saturated rings. The Morgan fingerprint density at radius 1 is 1.21 bits per heavy atom. The molecular weight excluding hydrogens is 307 g/mol. The van der Waals surface area contributed by atoms with Crippen LogP contribution in [0.1, 0.15) is 35.3 Å². The molecule has 0 amide bonds. The lowest BCUT2D eigenvalue weighted by molar-refractivity contribution is 0.0782. The Balaban J connectivity index is 2.50. The summed E-state index contributed by atoms with van der Waals surface area (Å²) in [6.45, 7) is 3.32. The highest BCUT2D eigenvalue weighted by molar-refractivity contribution is 5.84. The van der Waals surface area contributed by atoms with Crippen molar-refractivity contribution >= 4 is 12.4 Å². The second-order valence-electron chi connectivity index (χ2n) is 6.35. The minimum atomic E-state index is -1.01. The number of hydrogen-bond donors (Lipinski definition) is 1. The van der Waals surface area contributed by atoms with Gasteiger partial charge in [-0.1, -0.05) is 6.07 Å². The summed E-state index contributed by atoms with van der Waals surface area (Å²) >= 11 is 0. The van der Waals surface area contributed by atoms with Crippen LogP contribution in [0.4, 0.5) is 4.39 Å². The molecule has 1 aromatic heterocycles. The van der Waals surface area contributed by atoms with Gasteiger partial charge in [0, 0.05) is 37.0 Å². The third-order valence-corrected chi connectivity index (χ3v) is 3.60. The molecule has 0 atom stereocenters. The largest absolute Gasteiger partial charge is 0.386 e. The molecule has 2 aromatic rings. The molecule has 126 valence electrons. The Hall–Kier alpha value is -2.53. The minimum Gasteiger partial charge on any atom is -0.386 e. The summed E-state index contributed by atoms with van der Waals surface area (Å²) in [6.07, 6.45) is 5.69. The highest BCUT2D eigenvalue weighted by Gasteiger charge is 2.17. The summed E-state index contributed by atoms with van der Waals surface area (Å²) in [7, 11) is 3.72. The molecule has 24 heavy (non-hydrogen) atoms. The van der Waals surface area contributed by atoms with Gasteiger partial charge in [0.1, 0.15) is 5.82 Å². The van der Waals surface area contributed by atoms with Crippen molar-refractivity contribution in [1.29, 1.82) is 0 Å². The summed E-state index contributed by atoms with van der Waals surface area (Å²) in [6, 6.07) is 6.19. The van der Waals surface area contributed by atoms with Gasteiger partial charge in [0.25, 0.3) is 0 Å². The fourth-order valence-electron chi connectivity index (χ4n) is 2.19. The van der Waals surface area contributed by atoms with Crippen LogP contribution in [0.2, 0.25) is 0 Å². The van der Waals surface area contributed by atoms with Gasteiger partial charge < -0.3 is 10.0 Å². The topological polar surface area (TPSA) is 53.4 Å². The molecule has 0 aliphatic heterocycles. The number of hydrogen-bond acceptors (Lipinski definition) is 4. The maximum absolute atomic E-state index is 14.4. The maximum Gasteiger partial charge on any atom is 0.150 e. The monoisotopic (exact) mass is 328 g/mol. The Morgan fingerprint density at radius 3 is 2.42 bits per heavy atom. The van der Waals surface area contributed by atoms with Crippen LogP contribution in [0.3, 0.4) is 0 Å². The zero-order chi connectivity index (χ0) is 17.9. The first-order chi connectivity index (χ1) is 11.2. The molecule has 0 saturated carbocycles. The quantitative estimate of drug-likeness (QED) is 0.854. The van der Waals surface area contributed by atoms with Crippen molar-refractivity contribution in [2.45, 2.75) is 19.4 Å². The lowest BCUT2D eigenvalue weighted by Crippen LogP contribution is -2.15. The maximum atomic E-state index is 14.4. The highest BCUT2D eigenvalue weighted by atomic mass is 19.1. The molecule has 0 saturated heterocycles. The fourth-order valence-corrected chi connectivity index (χ4v) is 2.19. The van der Waals surface area contributed by atoms with E-state index in [0.29, 0.717) is 28.7 Å². The van der Waals surface area contributed by atoms with Crippen molar-refractivity contribution in [3.05, 3.63) is 59.2 Å². The van der Waals surface area contributed by atoms with Crippen molar-refractivity contribution in [2.75, 3.05) is 14.1 Å². The predicted molar refractivity (Wildman–Crippen MR) is 93.0 cm³/mol. The second-order valence-corrected chi connectivity index (χ2v) is 6.35. The fraction of sp³-hybridized carbons (Fsp3) is 0.263. The highest BCUT2D eigenvalue weighted by Crippen LogP contribution is 2.27. The van der Waals surface area contributed by atoms with Crippen LogP contribution in [0.25, 0.3) is 17.3 Å². The van der Waals surface area contributed by atoms with Crippen molar-refractivity contribution in [2.24, 2.45) is 0 Å². The molecular formula is C19H21FN2O2. The van der Waals surface area contributed by atoms with Gasteiger partial charge in [0.05, 0.1) is 11.3 Å². The minimum absolute atomic E-state index is 0.280. The van der Waals surface area contributed by atoms with Gasteiger partial charge in [0.2, 0.25) is 0 Å². The lowest BCUT2D eigenvalue weighted by Gasteiger charge is -2.17. The third-order valence-electron chi connectivity index (χ3n) is 3.60. The molecule has 0 unspecified atom stereocenters. The van der Waals surface area contributed by atoms with E-state index in [-0.39, 0.29) is 5.56 Å². The first kappa shape index (κ1) is 17.8. The van der Waals surface area contributed by atoms with Crippen LogP contribution >= 0.6 is 0 Å². The predicted octanol–water partition coefficient (Wildman–Crippen LogP) is 3.46. The van der Waals surface area contributed by atoms with Crippen LogP contribution in [-0.2, 0) is 5.60 Å². The molecule has 0 spiro atoms. The number of rotatable bonds is 5. The van der Waals surface area contributed by atoms with Crippen molar-refractivity contribution in [3.63, 3.8) is 0 Å². The Labute approximate surface area is 141 Å². The number of aldehydes is 1. The first-order valence-electron chi connectivity index (χ1n) is 7.55. The standard InChI is InChI=1S/C19H21FN2O2/c1-19(2,24)15-5-6-18(21-11-15)16-9-13(7-8-22(3)4)14(12-23)10-17(16)20/h5-12,24H,1-4H3/b8-7-. The van der Waals surface area contributed by atoms with E-state index in [9.17, 15) is 14.3 Å². The summed E-state index contributed by atoms with van der Waals surface area (Å²) < 4.78 is 14.4. The van der Waals surface area contributed by atoms with Crippen LogP contribution in [0, 0.1) is 5.82 Å². The average molecular weight is 328 g/mol. The molecule has 1 heterocycles. The lowest BCUT2D eigenvalue weighted by atomic mass is 9.98. The van der Waals surface area contributed by atoms with Gasteiger partial charge in [0.15, 0.2) is 6.29 Å². The zero-order valence-electron chi connectivity index (χ0n) is 14.2. The Bertz CT molecular complexity index is 760. The molecule has 4 nitrogen and oxygen atoms in total. The van der Waals surface area contributed by atoms with Crippen LogP contribution in [0.15, 0.2) is 36.7 Å². The van der Waals surface area contributed by atoms with Gasteiger partial charge >= 0.3 is 0 Å². The number of benzene rings is 1. The molecule has 2 rings (SSSR count). The number of carbonyl (C=O) groups is 1. The van der Waals surface area contributed by atoms with Gasteiger partial charge in [-0.2, -0.15) is 0 Å². The summed E-state index contributed by atoms with van der Waals surface area (Å²) in [5, 5.41) is 9.97. The number of nitrogens with zero attached hydrogens (tertiary/aromatic N) is 2. The van der Waals surface area contributed by atoms with Crippen molar-refractivity contribution in [1.82, 2.24) is 9.88 Å². The number of aliphatic hydroxyl groups is 1.